The van der Waals surface area contributed by atoms with Gasteiger partial charge in [0.15, 0.2) is 9.84 Å². The van der Waals surface area contributed by atoms with Gasteiger partial charge in [0.1, 0.15) is 0 Å². The summed E-state index contributed by atoms with van der Waals surface area (Å²) >= 11 is 0. The lowest BCUT2D eigenvalue weighted by Gasteiger charge is -2.26. The van der Waals surface area contributed by atoms with Gasteiger partial charge in [-0.2, -0.15) is 31.4 Å². The molecule has 2 aromatic carbocycles. The molecule has 0 amide bonds. The van der Waals surface area contributed by atoms with Crippen molar-refractivity contribution in [3.8, 4) is 0 Å². The highest BCUT2D eigenvalue weighted by atomic mass is 32.2. The molecule has 0 aromatic heterocycles. The van der Waals surface area contributed by atoms with Gasteiger partial charge in [0.2, 0.25) is 0 Å². The highest BCUT2D eigenvalue weighted by molar-refractivity contribution is 7.91. The zero-order chi connectivity index (χ0) is 23.3. The summed E-state index contributed by atoms with van der Waals surface area (Å²) in [5.74, 6) is -1.52. The Hall–Kier alpha value is -2.82. The number of halogens is 6. The van der Waals surface area contributed by atoms with E-state index in [0.29, 0.717) is 5.71 Å². The highest BCUT2D eigenvalue weighted by Gasteiger charge is 2.43. The molecule has 2 aromatic rings. The Morgan fingerprint density at radius 3 is 2.22 bits per heavy atom. The number of nitrogens with one attached hydrogen (secondary N) is 1. The van der Waals surface area contributed by atoms with E-state index in [2.05, 4.69) is 10.5 Å². The van der Waals surface area contributed by atoms with E-state index in [0.717, 1.165) is 24.3 Å². The van der Waals surface area contributed by atoms with Crippen LogP contribution in [0.3, 0.4) is 0 Å². The summed E-state index contributed by atoms with van der Waals surface area (Å²) in [5, 5.41) is 4.15. The SMILES string of the molecule is O=S1(=O)CC(=Cc2cccc(C(F)(F)F)c2)C2=NNC(c3cccc(C(F)(F)F)c3)C2C1. The molecular weight excluding hydrogens is 458 g/mol. The molecule has 2 aliphatic heterocycles. The minimum atomic E-state index is -4.56. The Bertz CT molecular complexity index is 1220. The molecule has 0 bridgehead atoms. The molecule has 1 fully saturated rings. The third kappa shape index (κ3) is 4.52. The number of sulfone groups is 1. The Kier molecular flexibility index (Phi) is 5.35. The van der Waals surface area contributed by atoms with Gasteiger partial charge in [-0.05, 0) is 47.0 Å². The molecular formula is C21H16F6N2O2S. The second-order valence-electron chi connectivity index (χ2n) is 7.68. The third-order valence-electron chi connectivity index (χ3n) is 5.34. The quantitative estimate of drug-likeness (QED) is 0.633. The number of hydrazone groups is 1. The molecule has 11 heteroatoms. The summed E-state index contributed by atoms with van der Waals surface area (Å²) in [6.45, 7) is 0. The van der Waals surface area contributed by atoms with Gasteiger partial charge in [-0.25, -0.2) is 8.42 Å². The van der Waals surface area contributed by atoms with Crippen molar-refractivity contribution < 1.29 is 34.8 Å². The van der Waals surface area contributed by atoms with Crippen molar-refractivity contribution in [1.29, 1.82) is 0 Å². The van der Waals surface area contributed by atoms with Crippen molar-refractivity contribution in [1.82, 2.24) is 5.43 Å². The average Bonchev–Trinajstić information content (AvgIpc) is 3.09. The van der Waals surface area contributed by atoms with Crippen molar-refractivity contribution in [2.24, 2.45) is 11.0 Å². The van der Waals surface area contributed by atoms with Gasteiger partial charge in [0.25, 0.3) is 0 Å². The van der Waals surface area contributed by atoms with Crippen LogP contribution in [0.4, 0.5) is 26.3 Å². The highest BCUT2D eigenvalue weighted by Crippen LogP contribution is 2.38. The number of alkyl halides is 6. The number of hydrogen-bond acceptors (Lipinski definition) is 4. The van der Waals surface area contributed by atoms with Gasteiger partial charge < -0.3 is 5.43 Å². The van der Waals surface area contributed by atoms with E-state index in [-0.39, 0.29) is 22.5 Å². The smallest absolute Gasteiger partial charge is 0.302 e. The molecule has 0 saturated carbocycles. The van der Waals surface area contributed by atoms with E-state index in [1.807, 2.05) is 0 Å². The molecule has 170 valence electrons. The van der Waals surface area contributed by atoms with E-state index >= 15 is 0 Å². The largest absolute Gasteiger partial charge is 0.416 e. The number of benzene rings is 2. The molecule has 2 heterocycles. The van der Waals surface area contributed by atoms with Crippen molar-refractivity contribution >= 4 is 21.6 Å². The maximum absolute atomic E-state index is 13.1. The Morgan fingerprint density at radius 1 is 0.938 bits per heavy atom. The lowest BCUT2D eigenvalue weighted by atomic mass is 9.87. The normalized spacial score (nSPS) is 24.1. The van der Waals surface area contributed by atoms with Gasteiger partial charge >= 0.3 is 12.4 Å². The van der Waals surface area contributed by atoms with E-state index in [1.165, 1.54) is 30.3 Å². The molecule has 1 saturated heterocycles. The summed E-state index contributed by atoms with van der Waals surface area (Å²) < 4.78 is 103. The fourth-order valence-corrected chi connectivity index (χ4v) is 5.66. The minimum absolute atomic E-state index is 0.149. The van der Waals surface area contributed by atoms with E-state index in [1.54, 1.807) is 0 Å². The molecule has 4 rings (SSSR count). The maximum Gasteiger partial charge on any atom is 0.416 e. The average molecular weight is 474 g/mol. The van der Waals surface area contributed by atoms with Crippen molar-refractivity contribution in [3.05, 3.63) is 76.4 Å². The van der Waals surface area contributed by atoms with Gasteiger partial charge in [-0.3, -0.25) is 0 Å². The summed E-state index contributed by atoms with van der Waals surface area (Å²) in [5.41, 5.74) is 1.87. The molecule has 1 N–H and O–H groups in total. The lowest BCUT2D eigenvalue weighted by molar-refractivity contribution is -0.138. The summed E-state index contributed by atoms with van der Waals surface area (Å²) in [7, 11) is -3.66. The number of fused-ring (bicyclic) bond motifs is 1. The summed E-state index contributed by atoms with van der Waals surface area (Å²) in [6, 6.07) is 8.14. The molecule has 0 radical (unpaired) electrons. The Balaban J connectivity index is 1.70. The summed E-state index contributed by atoms with van der Waals surface area (Å²) in [4.78, 5) is 0. The first-order chi connectivity index (χ1) is 14.8. The standard InChI is InChI=1S/C21H16F6N2O2S/c22-20(23,24)15-5-1-3-12(8-15)7-14-10-32(30,31)11-17-18(28-29-19(14)17)13-4-2-6-16(9-13)21(25,26)27/h1-9,17-18,28H,10-11H2. The van der Waals surface area contributed by atoms with E-state index < -0.39 is 51.0 Å². The maximum atomic E-state index is 13.1. The van der Waals surface area contributed by atoms with Crippen LogP contribution in [0, 0.1) is 5.92 Å². The number of rotatable bonds is 2. The van der Waals surface area contributed by atoms with Crippen LogP contribution in [0.25, 0.3) is 6.08 Å². The fourth-order valence-electron chi connectivity index (χ4n) is 3.94. The van der Waals surface area contributed by atoms with Crippen molar-refractivity contribution in [2.45, 2.75) is 18.4 Å². The number of nitrogens with zero attached hydrogens (tertiary/aromatic N) is 1. The predicted molar refractivity (Wildman–Crippen MR) is 106 cm³/mol. The van der Waals surface area contributed by atoms with Gasteiger partial charge in [-0.15, -0.1) is 0 Å². The van der Waals surface area contributed by atoms with Crippen LogP contribution in [0.1, 0.15) is 28.3 Å². The summed E-state index contributed by atoms with van der Waals surface area (Å²) in [6.07, 6.45) is -7.80. The van der Waals surface area contributed by atoms with Crippen molar-refractivity contribution in [3.63, 3.8) is 0 Å². The zero-order valence-electron chi connectivity index (χ0n) is 16.2. The van der Waals surface area contributed by atoms with E-state index in [4.69, 9.17) is 0 Å². The second kappa shape index (κ2) is 7.65. The van der Waals surface area contributed by atoms with Crippen molar-refractivity contribution in [2.75, 3.05) is 11.5 Å². The first-order valence-corrected chi connectivity index (χ1v) is 11.2. The van der Waals surface area contributed by atoms with Gasteiger partial charge in [-0.1, -0.05) is 24.3 Å². The Labute approximate surface area is 179 Å². The second-order valence-corrected chi connectivity index (χ2v) is 9.79. The number of hydrogen-bond donors (Lipinski definition) is 1. The molecule has 2 unspecified atom stereocenters. The van der Waals surface area contributed by atoms with Crippen LogP contribution < -0.4 is 5.43 Å². The zero-order valence-corrected chi connectivity index (χ0v) is 17.0. The van der Waals surface area contributed by atoms with Crippen LogP contribution in [0.5, 0.6) is 0 Å². The van der Waals surface area contributed by atoms with Crippen LogP contribution in [0.2, 0.25) is 0 Å². The van der Waals surface area contributed by atoms with Crippen LogP contribution in [-0.2, 0) is 22.2 Å². The van der Waals surface area contributed by atoms with Gasteiger partial charge in [0, 0.05) is 5.92 Å². The molecule has 2 atom stereocenters. The molecule has 0 spiro atoms. The van der Waals surface area contributed by atoms with Crippen LogP contribution in [-0.4, -0.2) is 25.6 Å². The first-order valence-electron chi connectivity index (χ1n) is 9.42. The third-order valence-corrected chi connectivity index (χ3v) is 6.96. The van der Waals surface area contributed by atoms with Crippen LogP contribution >= 0.6 is 0 Å². The van der Waals surface area contributed by atoms with E-state index in [9.17, 15) is 34.8 Å². The molecule has 4 nitrogen and oxygen atoms in total. The molecule has 0 aliphatic carbocycles. The van der Waals surface area contributed by atoms with Crippen LogP contribution in [0.15, 0.2) is 59.2 Å². The molecule has 2 aliphatic rings. The molecule has 32 heavy (non-hydrogen) atoms. The fraction of sp³-hybridized carbons (Fsp3) is 0.286. The monoisotopic (exact) mass is 474 g/mol. The van der Waals surface area contributed by atoms with Gasteiger partial charge in [0.05, 0.1) is 34.4 Å². The Morgan fingerprint density at radius 2 is 1.56 bits per heavy atom. The minimum Gasteiger partial charge on any atom is -0.302 e. The lowest BCUT2D eigenvalue weighted by Crippen LogP contribution is -2.36. The first kappa shape index (κ1) is 22.4. The predicted octanol–water partition coefficient (Wildman–Crippen LogP) is 4.85. The topological polar surface area (TPSA) is 58.5 Å².